The quantitative estimate of drug-likeness (QED) is 0.243. The minimum atomic E-state index is -0.658. The predicted molar refractivity (Wildman–Crippen MR) is 149 cm³/mol. The van der Waals surface area contributed by atoms with Gasteiger partial charge in [0.05, 0.1) is 5.69 Å². The summed E-state index contributed by atoms with van der Waals surface area (Å²) in [5.74, 6) is 0. The summed E-state index contributed by atoms with van der Waals surface area (Å²) in [5, 5.41) is 4.17. The third kappa shape index (κ3) is 6.11. The van der Waals surface area contributed by atoms with Gasteiger partial charge < -0.3 is 0 Å². The third-order valence-electron chi connectivity index (χ3n) is 6.02. The first-order valence-electron chi connectivity index (χ1n) is 12.0. The Balaban J connectivity index is 1.52. The Morgan fingerprint density at radius 3 is 1.71 bits per heavy atom. The number of hydrogen-bond donors (Lipinski definition) is 0. The van der Waals surface area contributed by atoms with Gasteiger partial charge in [0.15, 0.2) is 0 Å². The van der Waals surface area contributed by atoms with E-state index in [2.05, 4.69) is 137 Å². The van der Waals surface area contributed by atoms with Gasteiger partial charge in [0.2, 0.25) is 0 Å². The average Bonchev–Trinajstić information content (AvgIpc) is 2.92. The molecule has 0 atom stereocenters. The first-order chi connectivity index (χ1) is 17.4. The Kier molecular flexibility index (Phi) is 7.75. The Morgan fingerprint density at radius 2 is 1.09 bits per heavy atom. The second-order valence-electron chi connectivity index (χ2n) is 8.59. The smallest absolute Gasteiger partial charge is 0.0544 e. The summed E-state index contributed by atoms with van der Waals surface area (Å²) < 4.78 is 0. The van der Waals surface area contributed by atoms with Crippen molar-refractivity contribution in [1.29, 1.82) is 0 Å². The molecule has 0 unspecified atom stereocenters. The van der Waals surface area contributed by atoms with Crippen LogP contribution in [0, 0.1) is 0 Å². The maximum Gasteiger partial charge on any atom is 0.0544 e. The maximum absolute atomic E-state index is 4.62. The average molecular weight is 473 g/mol. The summed E-state index contributed by atoms with van der Waals surface area (Å²) >= 11 is 0. The zero-order chi connectivity index (χ0) is 23.7. The summed E-state index contributed by atoms with van der Waals surface area (Å²) in [6, 6.07) is 47.7. The zero-order valence-electron chi connectivity index (χ0n) is 19.7. The molecule has 0 aliphatic rings. The molecule has 0 spiro atoms. The highest BCUT2D eigenvalue weighted by atomic mass is 31.1. The van der Waals surface area contributed by atoms with Crippen molar-refractivity contribution >= 4 is 23.8 Å². The largest absolute Gasteiger partial charge is 0.289 e. The van der Waals surface area contributed by atoms with Crippen LogP contribution >= 0.6 is 7.92 Å². The third-order valence-corrected chi connectivity index (χ3v) is 8.56. The molecule has 4 aromatic carbocycles. The highest BCUT2D eigenvalue weighted by Gasteiger charge is 2.20. The molecular weight excluding hydrogens is 443 g/mol. The van der Waals surface area contributed by atoms with Gasteiger partial charge in [0.1, 0.15) is 0 Å². The molecule has 3 heteroatoms. The van der Waals surface area contributed by atoms with Crippen molar-refractivity contribution in [1.82, 2.24) is 9.88 Å². The minimum Gasteiger partial charge on any atom is -0.289 e. The molecule has 1 aromatic heterocycles. The van der Waals surface area contributed by atoms with Crippen LogP contribution < -0.4 is 15.9 Å². The molecule has 5 aromatic rings. The number of benzene rings is 4. The summed E-state index contributed by atoms with van der Waals surface area (Å²) in [5.41, 5.74) is 3.78. The van der Waals surface area contributed by atoms with Crippen molar-refractivity contribution in [2.24, 2.45) is 0 Å². The molecule has 5 rings (SSSR count). The highest BCUT2D eigenvalue weighted by molar-refractivity contribution is 7.79. The minimum absolute atomic E-state index is 0.658. The Morgan fingerprint density at radius 1 is 0.514 bits per heavy atom. The molecule has 0 fully saturated rings. The van der Waals surface area contributed by atoms with E-state index < -0.39 is 7.92 Å². The molecule has 0 amide bonds. The lowest BCUT2D eigenvalue weighted by Crippen LogP contribution is -2.28. The number of pyridine rings is 1. The van der Waals surface area contributed by atoms with Crippen molar-refractivity contribution < 1.29 is 0 Å². The van der Waals surface area contributed by atoms with Crippen LogP contribution in [0.3, 0.4) is 0 Å². The number of nitrogens with zero attached hydrogens (tertiary/aromatic N) is 2. The second-order valence-corrected chi connectivity index (χ2v) is 10.8. The first-order valence-corrected chi connectivity index (χ1v) is 13.4. The van der Waals surface area contributed by atoms with E-state index in [-0.39, 0.29) is 0 Å². The van der Waals surface area contributed by atoms with E-state index in [0.29, 0.717) is 0 Å². The Hall–Kier alpha value is -3.58. The monoisotopic (exact) mass is 472 g/mol. The lowest BCUT2D eigenvalue weighted by molar-refractivity contribution is 0.245. The normalized spacial score (nSPS) is 11.1. The molecule has 0 saturated heterocycles. The van der Waals surface area contributed by atoms with Gasteiger partial charge in [0, 0.05) is 25.8 Å². The molecule has 0 radical (unpaired) electrons. The molecular formula is C32H29N2P. The van der Waals surface area contributed by atoms with Crippen LogP contribution in [0.25, 0.3) is 0 Å². The molecule has 172 valence electrons. The van der Waals surface area contributed by atoms with Crippen molar-refractivity contribution in [2.45, 2.75) is 19.6 Å². The predicted octanol–water partition coefficient (Wildman–Crippen LogP) is 6.04. The summed E-state index contributed by atoms with van der Waals surface area (Å²) in [4.78, 5) is 7.12. The maximum atomic E-state index is 4.62. The van der Waals surface area contributed by atoms with Crippen molar-refractivity contribution in [3.63, 3.8) is 0 Å². The molecule has 0 saturated carbocycles. The number of rotatable bonds is 9. The van der Waals surface area contributed by atoms with Crippen LogP contribution in [0.4, 0.5) is 0 Å². The summed E-state index contributed by atoms with van der Waals surface area (Å²) in [6.07, 6.45) is 1.88. The van der Waals surface area contributed by atoms with Crippen LogP contribution in [0.1, 0.15) is 16.8 Å². The molecule has 0 bridgehead atoms. The van der Waals surface area contributed by atoms with Gasteiger partial charge in [-0.15, -0.1) is 0 Å². The van der Waals surface area contributed by atoms with E-state index in [0.717, 1.165) is 25.3 Å². The van der Waals surface area contributed by atoms with Gasteiger partial charge in [-0.2, -0.15) is 0 Å². The lowest BCUT2D eigenvalue weighted by Gasteiger charge is -2.27. The van der Waals surface area contributed by atoms with Crippen LogP contribution in [-0.2, 0) is 19.6 Å². The van der Waals surface area contributed by atoms with Crippen molar-refractivity contribution in [2.75, 3.05) is 0 Å². The van der Waals surface area contributed by atoms with Crippen LogP contribution in [-0.4, -0.2) is 9.88 Å². The standard InChI is InChI=1S/C32H29N2P/c1-4-14-27(15-5-1)24-34(26-29-17-12-13-23-33-29)25-28-16-10-11-22-32(28)35(30-18-6-2-7-19-30)31-20-8-3-9-21-31/h1-23H,24-26H2. The second kappa shape index (κ2) is 11.7. The van der Waals surface area contributed by atoms with E-state index in [9.17, 15) is 0 Å². The molecule has 35 heavy (non-hydrogen) atoms. The van der Waals surface area contributed by atoms with Gasteiger partial charge in [-0.25, -0.2) is 0 Å². The van der Waals surface area contributed by atoms with Gasteiger partial charge in [-0.1, -0.05) is 121 Å². The van der Waals surface area contributed by atoms with Gasteiger partial charge >= 0.3 is 0 Å². The van der Waals surface area contributed by atoms with Crippen molar-refractivity contribution in [3.05, 3.63) is 156 Å². The Bertz CT molecular complexity index is 1230. The number of hydrogen-bond acceptors (Lipinski definition) is 2. The number of aromatic nitrogens is 1. The van der Waals surface area contributed by atoms with Gasteiger partial charge in [-0.05, 0) is 47.1 Å². The van der Waals surface area contributed by atoms with E-state index in [1.165, 1.54) is 27.0 Å². The molecule has 0 aliphatic heterocycles. The SMILES string of the molecule is c1ccc(CN(Cc2ccccn2)Cc2ccccc2P(c2ccccc2)c2ccccc2)cc1. The molecule has 0 N–H and O–H groups in total. The first kappa shape index (κ1) is 23.2. The van der Waals surface area contributed by atoms with Gasteiger partial charge in [-0.3, -0.25) is 9.88 Å². The molecule has 2 nitrogen and oxygen atoms in total. The van der Waals surface area contributed by atoms with E-state index >= 15 is 0 Å². The Labute approximate surface area is 209 Å². The molecule has 0 aliphatic carbocycles. The lowest BCUT2D eigenvalue weighted by atomic mass is 10.1. The summed E-state index contributed by atoms with van der Waals surface area (Å²) in [6.45, 7) is 2.54. The van der Waals surface area contributed by atoms with Crippen LogP contribution in [0.15, 0.2) is 140 Å². The van der Waals surface area contributed by atoms with E-state index in [4.69, 9.17) is 0 Å². The molecule has 1 heterocycles. The van der Waals surface area contributed by atoms with Gasteiger partial charge in [0.25, 0.3) is 0 Å². The highest BCUT2D eigenvalue weighted by Crippen LogP contribution is 2.34. The topological polar surface area (TPSA) is 16.1 Å². The van der Waals surface area contributed by atoms with Crippen LogP contribution in [0.2, 0.25) is 0 Å². The fraction of sp³-hybridized carbons (Fsp3) is 0.0938. The van der Waals surface area contributed by atoms with Crippen molar-refractivity contribution in [3.8, 4) is 0 Å². The van der Waals surface area contributed by atoms with E-state index in [1.807, 2.05) is 12.3 Å². The van der Waals surface area contributed by atoms with E-state index in [1.54, 1.807) is 0 Å². The zero-order valence-corrected chi connectivity index (χ0v) is 20.6. The fourth-order valence-electron chi connectivity index (χ4n) is 4.42. The summed E-state index contributed by atoms with van der Waals surface area (Å²) in [7, 11) is -0.658. The van der Waals surface area contributed by atoms with Crippen LogP contribution in [0.5, 0.6) is 0 Å². The fourth-order valence-corrected chi connectivity index (χ4v) is 6.88.